The van der Waals surface area contributed by atoms with Crippen LogP contribution in [0.5, 0.6) is 0 Å². The molecule has 5 heteroatoms. The lowest BCUT2D eigenvalue weighted by Crippen LogP contribution is -2.39. The van der Waals surface area contributed by atoms with E-state index in [2.05, 4.69) is 13.0 Å². The zero-order valence-corrected chi connectivity index (χ0v) is 17.6. The number of ether oxygens (including phenoxy) is 1. The lowest BCUT2D eigenvalue weighted by molar-refractivity contribution is -0.138. The Kier molecular flexibility index (Phi) is 6.36. The van der Waals surface area contributed by atoms with Crippen LogP contribution in [0.25, 0.3) is 0 Å². The normalized spacial score (nSPS) is 26.5. The molecule has 1 saturated heterocycles. The summed E-state index contributed by atoms with van der Waals surface area (Å²) in [6, 6.07) is 9.22. The van der Waals surface area contributed by atoms with E-state index in [9.17, 15) is 14.4 Å². The number of amides is 3. The molecule has 29 heavy (non-hydrogen) atoms. The number of benzene rings is 1. The minimum atomic E-state index is -0.869. The molecular formula is C24H29NO4. The maximum atomic E-state index is 13.2. The van der Waals surface area contributed by atoms with Gasteiger partial charge in [0.25, 0.3) is 0 Å². The minimum Gasteiger partial charge on any atom is -0.444 e. The van der Waals surface area contributed by atoms with Gasteiger partial charge in [-0.05, 0) is 51.0 Å². The summed E-state index contributed by atoms with van der Waals surface area (Å²) in [5.41, 5.74) is 3.09. The molecule has 3 amide bonds. The van der Waals surface area contributed by atoms with Crippen molar-refractivity contribution < 1.29 is 19.1 Å². The van der Waals surface area contributed by atoms with Gasteiger partial charge in [0.1, 0.15) is 6.61 Å². The fraction of sp³-hybridized carbons (Fsp3) is 0.458. The maximum Gasteiger partial charge on any atom is 0.423 e. The number of nitrogens with zero attached hydrogens (tertiary/aromatic N) is 1. The zero-order valence-electron chi connectivity index (χ0n) is 17.6. The number of carbonyl (C=O) groups is 3. The molecule has 1 saturated carbocycles. The maximum absolute atomic E-state index is 13.2. The summed E-state index contributed by atoms with van der Waals surface area (Å²) in [6.07, 6.45) is 4.83. The summed E-state index contributed by atoms with van der Waals surface area (Å²) in [6.45, 7) is 8.04. The predicted molar refractivity (Wildman–Crippen MR) is 111 cm³/mol. The molecule has 0 radical (unpaired) electrons. The highest BCUT2D eigenvalue weighted by Crippen LogP contribution is 2.51. The van der Waals surface area contributed by atoms with E-state index in [4.69, 9.17) is 4.74 Å². The van der Waals surface area contributed by atoms with Crippen LogP contribution in [0, 0.1) is 23.7 Å². The monoisotopic (exact) mass is 395 g/mol. The second-order valence-electron chi connectivity index (χ2n) is 8.07. The number of likely N-dealkylation sites (tertiary alicyclic amines) is 1. The first-order chi connectivity index (χ1) is 13.9. The summed E-state index contributed by atoms with van der Waals surface area (Å²) in [4.78, 5) is 39.7. The summed E-state index contributed by atoms with van der Waals surface area (Å²) in [7, 11) is 0. The van der Waals surface area contributed by atoms with Crippen molar-refractivity contribution in [3.63, 3.8) is 0 Å². The van der Waals surface area contributed by atoms with Gasteiger partial charge in [-0.25, -0.2) is 4.79 Å². The fourth-order valence-electron chi connectivity index (χ4n) is 4.80. The van der Waals surface area contributed by atoms with Crippen molar-refractivity contribution in [2.75, 3.05) is 0 Å². The molecule has 3 rings (SSSR count). The van der Waals surface area contributed by atoms with Crippen LogP contribution in [0.4, 0.5) is 4.79 Å². The third-order valence-corrected chi connectivity index (χ3v) is 6.01. The van der Waals surface area contributed by atoms with Crippen LogP contribution in [0.2, 0.25) is 0 Å². The number of carbonyl (C=O) groups excluding carboxylic acids is 3. The van der Waals surface area contributed by atoms with E-state index < -0.39 is 29.7 Å². The first-order valence-electron chi connectivity index (χ1n) is 10.3. The highest BCUT2D eigenvalue weighted by molar-refractivity contribution is 6.16. The third kappa shape index (κ3) is 4.04. The van der Waals surface area contributed by atoms with Crippen molar-refractivity contribution >= 4 is 17.9 Å². The lowest BCUT2D eigenvalue weighted by atomic mass is 9.84. The molecule has 0 aromatic heterocycles. The molecule has 2 aliphatic rings. The summed E-state index contributed by atoms with van der Waals surface area (Å²) in [5.74, 6) is -1.87. The molecule has 4 atom stereocenters. The van der Waals surface area contributed by atoms with Gasteiger partial charge in [0.05, 0.1) is 11.8 Å². The van der Waals surface area contributed by atoms with E-state index in [1.165, 1.54) is 5.57 Å². The molecule has 0 bridgehead atoms. The molecule has 154 valence electrons. The van der Waals surface area contributed by atoms with Crippen LogP contribution < -0.4 is 0 Å². The minimum absolute atomic E-state index is 0.0148. The molecular weight excluding hydrogens is 366 g/mol. The van der Waals surface area contributed by atoms with Gasteiger partial charge in [0.15, 0.2) is 0 Å². The van der Waals surface area contributed by atoms with Gasteiger partial charge in [0, 0.05) is 0 Å². The Morgan fingerprint density at radius 1 is 1.14 bits per heavy atom. The van der Waals surface area contributed by atoms with Gasteiger partial charge in [-0.2, -0.15) is 4.90 Å². The Morgan fingerprint density at radius 3 is 2.38 bits per heavy atom. The molecule has 1 aliphatic heterocycles. The smallest absolute Gasteiger partial charge is 0.423 e. The van der Waals surface area contributed by atoms with E-state index >= 15 is 0 Å². The number of hydrogen-bond acceptors (Lipinski definition) is 4. The van der Waals surface area contributed by atoms with Crippen molar-refractivity contribution in [3.05, 3.63) is 59.2 Å². The Labute approximate surface area is 172 Å². The SMILES string of the molecule is CC=C(CC)C1CC(C=C(C)C)C2C(=O)N(C(=O)OCc3ccccc3)C(=O)C12. The molecule has 1 heterocycles. The Morgan fingerprint density at radius 2 is 1.79 bits per heavy atom. The second-order valence-corrected chi connectivity index (χ2v) is 8.07. The fourth-order valence-corrected chi connectivity index (χ4v) is 4.80. The van der Waals surface area contributed by atoms with Gasteiger partial charge in [-0.1, -0.05) is 60.6 Å². The van der Waals surface area contributed by atoms with Crippen molar-refractivity contribution in [1.82, 2.24) is 4.90 Å². The first-order valence-corrected chi connectivity index (χ1v) is 10.3. The summed E-state index contributed by atoms with van der Waals surface area (Å²) >= 11 is 0. The van der Waals surface area contributed by atoms with Crippen LogP contribution >= 0.6 is 0 Å². The van der Waals surface area contributed by atoms with Gasteiger partial charge in [0.2, 0.25) is 11.8 Å². The molecule has 1 aromatic carbocycles. The highest BCUT2D eigenvalue weighted by Gasteiger charge is 2.60. The molecule has 1 aliphatic carbocycles. The number of imide groups is 3. The molecule has 5 nitrogen and oxygen atoms in total. The van der Waals surface area contributed by atoms with Gasteiger partial charge < -0.3 is 4.74 Å². The lowest BCUT2D eigenvalue weighted by Gasteiger charge is -2.20. The third-order valence-electron chi connectivity index (χ3n) is 6.01. The Bertz CT molecular complexity index is 851. The molecule has 2 fully saturated rings. The number of hydrogen-bond donors (Lipinski definition) is 0. The van der Waals surface area contributed by atoms with Crippen LogP contribution in [0.15, 0.2) is 53.6 Å². The van der Waals surface area contributed by atoms with E-state index in [1.807, 2.05) is 57.2 Å². The first kappa shape index (κ1) is 21.0. The zero-order chi connectivity index (χ0) is 21.1. The standard InChI is InChI=1S/C24H29NO4/c1-5-17(6-2)19-13-18(12-15(3)4)20-21(19)23(27)25(22(20)26)24(28)29-14-16-10-8-7-9-11-16/h5,7-12,18-21H,6,13-14H2,1-4H3. The topological polar surface area (TPSA) is 63.7 Å². The van der Waals surface area contributed by atoms with E-state index in [0.717, 1.165) is 28.9 Å². The van der Waals surface area contributed by atoms with Crippen molar-refractivity contribution in [2.24, 2.45) is 23.7 Å². The van der Waals surface area contributed by atoms with E-state index in [1.54, 1.807) is 0 Å². The molecule has 1 aromatic rings. The van der Waals surface area contributed by atoms with Gasteiger partial charge in [-0.15, -0.1) is 0 Å². The average Bonchev–Trinajstić information content (AvgIpc) is 3.18. The predicted octanol–water partition coefficient (Wildman–Crippen LogP) is 4.88. The summed E-state index contributed by atoms with van der Waals surface area (Å²) < 4.78 is 5.30. The van der Waals surface area contributed by atoms with E-state index in [0.29, 0.717) is 0 Å². The van der Waals surface area contributed by atoms with E-state index in [-0.39, 0.29) is 18.4 Å². The van der Waals surface area contributed by atoms with Crippen LogP contribution in [-0.2, 0) is 20.9 Å². The average molecular weight is 395 g/mol. The number of fused-ring (bicyclic) bond motifs is 1. The number of rotatable bonds is 5. The molecule has 0 spiro atoms. The highest BCUT2D eigenvalue weighted by atomic mass is 16.6. The van der Waals surface area contributed by atoms with Crippen LogP contribution in [0.1, 0.15) is 46.1 Å². The van der Waals surface area contributed by atoms with Crippen molar-refractivity contribution in [2.45, 2.75) is 47.1 Å². The Hall–Kier alpha value is -2.69. The van der Waals surface area contributed by atoms with Gasteiger partial charge >= 0.3 is 6.09 Å². The van der Waals surface area contributed by atoms with Crippen molar-refractivity contribution in [1.29, 1.82) is 0 Å². The van der Waals surface area contributed by atoms with Crippen LogP contribution in [-0.4, -0.2) is 22.8 Å². The largest absolute Gasteiger partial charge is 0.444 e. The molecule has 4 unspecified atom stereocenters. The van der Waals surface area contributed by atoms with Gasteiger partial charge in [-0.3, -0.25) is 9.59 Å². The van der Waals surface area contributed by atoms with Crippen LogP contribution in [0.3, 0.4) is 0 Å². The second kappa shape index (κ2) is 8.76. The van der Waals surface area contributed by atoms with Crippen molar-refractivity contribution in [3.8, 4) is 0 Å². The number of allylic oxidation sites excluding steroid dienone is 4. The molecule has 0 N–H and O–H groups in total. The quantitative estimate of drug-likeness (QED) is 0.526. The summed E-state index contributed by atoms with van der Waals surface area (Å²) in [5, 5.41) is 0. The Balaban J connectivity index is 1.85.